The fraction of sp³-hybridized carbons (Fsp3) is 0.385. The third-order valence-electron chi connectivity index (χ3n) is 6.22. The van der Waals surface area contributed by atoms with Crippen LogP contribution in [0.3, 0.4) is 0 Å². The van der Waals surface area contributed by atoms with E-state index in [0.29, 0.717) is 36.1 Å². The molecule has 1 unspecified atom stereocenters. The molecule has 1 aromatic heterocycles. The maximum atomic E-state index is 13.5. The van der Waals surface area contributed by atoms with Crippen molar-refractivity contribution in [2.75, 3.05) is 7.11 Å². The van der Waals surface area contributed by atoms with Gasteiger partial charge in [0.1, 0.15) is 12.4 Å². The van der Waals surface area contributed by atoms with Crippen molar-refractivity contribution in [2.45, 2.75) is 52.8 Å². The number of ether oxygens (including phenoxy) is 2. The van der Waals surface area contributed by atoms with Gasteiger partial charge < -0.3 is 18.9 Å². The second kappa shape index (κ2) is 9.47. The topological polar surface area (TPSA) is 64.8 Å². The molecule has 1 saturated carbocycles. The van der Waals surface area contributed by atoms with Gasteiger partial charge in [-0.15, -0.1) is 0 Å². The monoisotopic (exact) mass is 434 g/mol. The third-order valence-corrected chi connectivity index (χ3v) is 6.22. The average molecular weight is 435 g/mol. The highest BCUT2D eigenvalue weighted by Gasteiger charge is 2.34. The molecule has 0 bridgehead atoms. The highest BCUT2D eigenvalue weighted by Crippen LogP contribution is 2.37. The Morgan fingerprint density at radius 3 is 2.53 bits per heavy atom. The van der Waals surface area contributed by atoms with E-state index < -0.39 is 0 Å². The predicted octanol–water partition coefficient (Wildman–Crippen LogP) is 5.32. The zero-order chi connectivity index (χ0) is 22.7. The number of amides is 1. The van der Waals surface area contributed by atoms with E-state index in [0.717, 1.165) is 22.6 Å². The van der Waals surface area contributed by atoms with Crippen molar-refractivity contribution in [1.82, 2.24) is 10.1 Å². The summed E-state index contributed by atoms with van der Waals surface area (Å²) in [4.78, 5) is 15.5. The van der Waals surface area contributed by atoms with Crippen molar-refractivity contribution in [2.24, 2.45) is 5.92 Å². The lowest BCUT2D eigenvalue weighted by atomic mass is 10.1. The Balaban J connectivity index is 1.54. The number of hydrogen-bond donors (Lipinski definition) is 0. The standard InChI is InChI=1S/C26H30N2O4/c1-17-23(19(3)32-27-17)16-31-24-13-12-22(14-25(24)30-4)26(29)28(18(2)21-10-11-21)15-20-8-6-5-7-9-20/h5-9,12-14,18,21H,10-11,15-16H2,1-4H3. The molecule has 0 N–H and O–H groups in total. The maximum Gasteiger partial charge on any atom is 0.254 e. The van der Waals surface area contributed by atoms with Crippen LogP contribution in [0.2, 0.25) is 0 Å². The Labute approximate surface area is 189 Å². The molecular weight excluding hydrogens is 404 g/mol. The van der Waals surface area contributed by atoms with Crippen LogP contribution >= 0.6 is 0 Å². The predicted molar refractivity (Wildman–Crippen MR) is 122 cm³/mol. The average Bonchev–Trinajstić information content (AvgIpc) is 3.62. The third kappa shape index (κ3) is 4.79. The number of aryl methyl sites for hydroxylation is 2. The van der Waals surface area contributed by atoms with Crippen molar-refractivity contribution < 1.29 is 18.8 Å². The van der Waals surface area contributed by atoms with Crippen LogP contribution < -0.4 is 9.47 Å². The molecule has 1 atom stereocenters. The van der Waals surface area contributed by atoms with Gasteiger partial charge in [0.05, 0.1) is 18.4 Å². The zero-order valence-electron chi connectivity index (χ0n) is 19.1. The van der Waals surface area contributed by atoms with Crippen molar-refractivity contribution in [3.05, 3.63) is 76.7 Å². The van der Waals surface area contributed by atoms with Gasteiger partial charge in [-0.3, -0.25) is 4.79 Å². The largest absolute Gasteiger partial charge is 0.493 e. The molecule has 1 aliphatic carbocycles. The lowest BCUT2D eigenvalue weighted by Gasteiger charge is -2.30. The van der Waals surface area contributed by atoms with Crippen LogP contribution in [0.4, 0.5) is 0 Å². The summed E-state index contributed by atoms with van der Waals surface area (Å²) in [6, 6.07) is 15.7. The first kappa shape index (κ1) is 21.9. The van der Waals surface area contributed by atoms with Gasteiger partial charge in [0.15, 0.2) is 11.5 Å². The molecule has 32 heavy (non-hydrogen) atoms. The smallest absolute Gasteiger partial charge is 0.254 e. The quantitative estimate of drug-likeness (QED) is 0.456. The fourth-order valence-corrected chi connectivity index (χ4v) is 3.96. The summed E-state index contributed by atoms with van der Waals surface area (Å²) in [6.07, 6.45) is 2.36. The van der Waals surface area contributed by atoms with Crippen molar-refractivity contribution in [1.29, 1.82) is 0 Å². The van der Waals surface area contributed by atoms with Crippen LogP contribution in [-0.4, -0.2) is 29.1 Å². The number of aromatic nitrogens is 1. The van der Waals surface area contributed by atoms with Gasteiger partial charge in [-0.05, 0) is 63.3 Å². The molecule has 0 radical (unpaired) electrons. The van der Waals surface area contributed by atoms with E-state index in [1.54, 1.807) is 19.2 Å². The number of nitrogens with zero attached hydrogens (tertiary/aromatic N) is 2. The number of benzene rings is 2. The lowest BCUT2D eigenvalue weighted by molar-refractivity contribution is 0.0654. The minimum absolute atomic E-state index is 0.00354. The van der Waals surface area contributed by atoms with E-state index in [9.17, 15) is 4.79 Å². The Bertz CT molecular complexity index is 1050. The Hall–Kier alpha value is -3.28. The lowest BCUT2D eigenvalue weighted by Crippen LogP contribution is -2.39. The molecule has 6 heteroatoms. The summed E-state index contributed by atoms with van der Waals surface area (Å²) >= 11 is 0. The van der Waals surface area contributed by atoms with E-state index in [1.165, 1.54) is 12.8 Å². The van der Waals surface area contributed by atoms with E-state index >= 15 is 0 Å². The number of carbonyl (C=O) groups is 1. The first-order valence-electron chi connectivity index (χ1n) is 11.1. The molecule has 1 amide bonds. The summed E-state index contributed by atoms with van der Waals surface area (Å²) in [6.45, 7) is 6.81. The van der Waals surface area contributed by atoms with Crippen molar-refractivity contribution >= 4 is 5.91 Å². The van der Waals surface area contributed by atoms with Crippen LogP contribution in [0.15, 0.2) is 53.1 Å². The Morgan fingerprint density at radius 1 is 1.16 bits per heavy atom. The molecule has 1 heterocycles. The summed E-state index contributed by atoms with van der Waals surface area (Å²) < 4.78 is 16.7. The molecule has 0 spiro atoms. The summed E-state index contributed by atoms with van der Waals surface area (Å²) in [5.74, 6) is 2.42. The summed E-state index contributed by atoms with van der Waals surface area (Å²) in [7, 11) is 1.58. The normalized spacial score (nSPS) is 14.1. The zero-order valence-corrected chi connectivity index (χ0v) is 19.1. The molecule has 1 fully saturated rings. The SMILES string of the molecule is COc1cc(C(=O)N(Cc2ccccc2)C(C)C2CC2)ccc1OCc1c(C)noc1C. The molecule has 0 aliphatic heterocycles. The van der Waals surface area contributed by atoms with Gasteiger partial charge in [0, 0.05) is 18.2 Å². The highest BCUT2D eigenvalue weighted by molar-refractivity contribution is 5.95. The number of carbonyl (C=O) groups excluding carboxylic acids is 1. The molecule has 4 rings (SSSR count). The van der Waals surface area contributed by atoms with Crippen LogP contribution in [0.25, 0.3) is 0 Å². The molecule has 168 valence electrons. The molecule has 2 aromatic carbocycles. The van der Waals surface area contributed by atoms with Crippen LogP contribution in [0, 0.1) is 19.8 Å². The molecule has 1 aliphatic rings. The number of hydrogen-bond acceptors (Lipinski definition) is 5. The van der Waals surface area contributed by atoms with Crippen molar-refractivity contribution in [3.63, 3.8) is 0 Å². The van der Waals surface area contributed by atoms with Crippen molar-refractivity contribution in [3.8, 4) is 11.5 Å². The van der Waals surface area contributed by atoms with Crippen LogP contribution in [-0.2, 0) is 13.2 Å². The van der Waals surface area contributed by atoms with E-state index in [-0.39, 0.29) is 11.9 Å². The van der Waals surface area contributed by atoms with Gasteiger partial charge in [0.25, 0.3) is 5.91 Å². The Kier molecular flexibility index (Phi) is 6.49. The van der Waals surface area contributed by atoms with Gasteiger partial charge in [0.2, 0.25) is 0 Å². The molecule has 0 saturated heterocycles. The summed E-state index contributed by atoms with van der Waals surface area (Å²) in [5, 5.41) is 3.96. The number of methoxy groups -OCH3 is 1. The van der Waals surface area contributed by atoms with E-state index in [4.69, 9.17) is 14.0 Å². The minimum Gasteiger partial charge on any atom is -0.493 e. The van der Waals surface area contributed by atoms with Gasteiger partial charge in [-0.1, -0.05) is 35.5 Å². The van der Waals surface area contributed by atoms with Gasteiger partial charge >= 0.3 is 0 Å². The first-order valence-corrected chi connectivity index (χ1v) is 11.1. The molecule has 3 aromatic rings. The fourth-order valence-electron chi connectivity index (χ4n) is 3.96. The van der Waals surface area contributed by atoms with E-state index in [2.05, 4.69) is 24.2 Å². The molecule has 6 nitrogen and oxygen atoms in total. The maximum absolute atomic E-state index is 13.5. The highest BCUT2D eigenvalue weighted by atomic mass is 16.5. The minimum atomic E-state index is 0.00354. The van der Waals surface area contributed by atoms with E-state index in [1.807, 2.05) is 43.0 Å². The van der Waals surface area contributed by atoms with Crippen LogP contribution in [0.5, 0.6) is 11.5 Å². The molecular formula is C26H30N2O4. The first-order chi connectivity index (χ1) is 15.5. The second-order valence-corrected chi connectivity index (χ2v) is 8.45. The van der Waals surface area contributed by atoms with Crippen LogP contribution in [0.1, 0.15) is 52.7 Å². The van der Waals surface area contributed by atoms with Gasteiger partial charge in [-0.2, -0.15) is 0 Å². The number of rotatable bonds is 9. The summed E-state index contributed by atoms with van der Waals surface area (Å²) in [5.41, 5.74) is 3.44. The van der Waals surface area contributed by atoms with Gasteiger partial charge in [-0.25, -0.2) is 0 Å². The second-order valence-electron chi connectivity index (χ2n) is 8.45. The Morgan fingerprint density at radius 2 is 1.91 bits per heavy atom.